The van der Waals surface area contributed by atoms with Gasteiger partial charge in [-0.05, 0) is 43.2 Å². The van der Waals surface area contributed by atoms with Crippen LogP contribution in [-0.4, -0.2) is 33.6 Å². The first-order valence-electron chi connectivity index (χ1n) is 8.30. The molecule has 24 heavy (non-hydrogen) atoms. The number of nitrogens with zero attached hydrogens (tertiary/aromatic N) is 1. The second-order valence-electron chi connectivity index (χ2n) is 6.67. The van der Waals surface area contributed by atoms with Crippen molar-refractivity contribution in [2.75, 3.05) is 37.9 Å². The first-order valence-corrected chi connectivity index (χ1v) is 8.30. The fourth-order valence-electron chi connectivity index (χ4n) is 2.68. The Morgan fingerprint density at radius 2 is 1.75 bits per heavy atom. The van der Waals surface area contributed by atoms with Gasteiger partial charge in [0.25, 0.3) is 5.91 Å². The van der Waals surface area contributed by atoms with Crippen LogP contribution in [-0.2, 0) is 11.3 Å². The van der Waals surface area contributed by atoms with Gasteiger partial charge in [0.2, 0.25) is 0 Å². The average Bonchev–Trinajstić information content (AvgIpc) is 2.52. The van der Waals surface area contributed by atoms with E-state index in [0.29, 0.717) is 6.54 Å². The van der Waals surface area contributed by atoms with Crippen LogP contribution in [0.5, 0.6) is 0 Å². The van der Waals surface area contributed by atoms with E-state index in [1.54, 1.807) is 0 Å². The fraction of sp³-hybridized carbons (Fsp3) is 0.350. The zero-order chi connectivity index (χ0) is 17.7. The zero-order valence-corrected chi connectivity index (χ0v) is 15.3. The Morgan fingerprint density at radius 3 is 2.38 bits per heavy atom. The van der Waals surface area contributed by atoms with Crippen molar-refractivity contribution in [3.05, 3.63) is 59.2 Å². The first kappa shape index (κ1) is 18.0. The minimum atomic E-state index is 0.0473. The van der Waals surface area contributed by atoms with Crippen LogP contribution in [0.15, 0.2) is 42.5 Å². The number of rotatable bonds is 6. The Morgan fingerprint density at radius 1 is 1.08 bits per heavy atom. The summed E-state index contributed by atoms with van der Waals surface area (Å²) >= 11 is 0. The summed E-state index contributed by atoms with van der Waals surface area (Å²) in [6.45, 7) is 5.37. The summed E-state index contributed by atoms with van der Waals surface area (Å²) < 4.78 is 0. The fourth-order valence-corrected chi connectivity index (χ4v) is 2.68. The van der Waals surface area contributed by atoms with Crippen LogP contribution in [0.2, 0.25) is 0 Å². The molecule has 0 aliphatic rings. The Labute approximate surface area is 145 Å². The van der Waals surface area contributed by atoms with Gasteiger partial charge in [0, 0.05) is 31.0 Å². The molecule has 2 rings (SSSR count). The number of nitrogens with one attached hydrogen (secondary N) is 2. The van der Waals surface area contributed by atoms with Gasteiger partial charge in [-0.15, -0.1) is 0 Å². The second kappa shape index (κ2) is 7.97. The molecule has 0 fully saturated rings. The molecular formula is C20H28N3O+. The number of amides is 1. The third-order valence-electron chi connectivity index (χ3n) is 4.30. The molecule has 0 saturated heterocycles. The lowest BCUT2D eigenvalue weighted by Crippen LogP contribution is -3.08. The molecule has 0 aliphatic carbocycles. The Balaban J connectivity index is 1.90. The molecular weight excluding hydrogens is 298 g/mol. The summed E-state index contributed by atoms with van der Waals surface area (Å²) in [6, 6.07) is 14.5. The maximum atomic E-state index is 12.3. The molecule has 2 N–H and O–H groups in total. The van der Waals surface area contributed by atoms with Gasteiger partial charge in [0.15, 0.2) is 6.54 Å². The quantitative estimate of drug-likeness (QED) is 0.852. The molecule has 0 bridgehead atoms. The Hall–Kier alpha value is -2.33. The lowest BCUT2D eigenvalue weighted by Gasteiger charge is -2.16. The number of carbonyl (C=O) groups is 1. The number of anilines is 2. The van der Waals surface area contributed by atoms with Crippen LogP contribution >= 0.6 is 0 Å². The van der Waals surface area contributed by atoms with Crippen molar-refractivity contribution >= 4 is 17.3 Å². The van der Waals surface area contributed by atoms with Gasteiger partial charge in [0.05, 0.1) is 7.05 Å². The minimum Gasteiger partial charge on any atom is -0.378 e. The standard InChI is InChI=1S/C20H27N3O/c1-15-7-6-8-19(16(15)2)21-20(24)14-23(5)13-17-9-11-18(12-10-17)22(3)4/h6-12H,13-14H2,1-5H3,(H,21,24)/p+1. The maximum absolute atomic E-state index is 12.3. The van der Waals surface area contributed by atoms with Crippen molar-refractivity contribution in [1.29, 1.82) is 0 Å². The Kier molecular flexibility index (Phi) is 5.99. The van der Waals surface area contributed by atoms with E-state index in [1.807, 2.05) is 40.2 Å². The van der Waals surface area contributed by atoms with E-state index in [2.05, 4.69) is 47.5 Å². The highest BCUT2D eigenvalue weighted by molar-refractivity contribution is 5.92. The molecule has 4 nitrogen and oxygen atoms in total. The van der Waals surface area contributed by atoms with Crippen molar-refractivity contribution in [1.82, 2.24) is 0 Å². The number of hydrogen-bond donors (Lipinski definition) is 2. The molecule has 128 valence electrons. The van der Waals surface area contributed by atoms with Gasteiger partial charge in [-0.1, -0.05) is 24.3 Å². The molecule has 0 aromatic heterocycles. The summed E-state index contributed by atoms with van der Waals surface area (Å²) in [7, 11) is 6.11. The van der Waals surface area contributed by atoms with Crippen molar-refractivity contribution in [2.24, 2.45) is 0 Å². The van der Waals surface area contributed by atoms with Gasteiger partial charge >= 0.3 is 0 Å². The van der Waals surface area contributed by atoms with Crippen molar-refractivity contribution in [2.45, 2.75) is 20.4 Å². The van der Waals surface area contributed by atoms with E-state index in [9.17, 15) is 4.79 Å². The summed E-state index contributed by atoms with van der Waals surface area (Å²) in [5, 5.41) is 3.03. The first-order chi connectivity index (χ1) is 11.4. The molecule has 1 atom stereocenters. The molecule has 0 heterocycles. The number of carbonyl (C=O) groups excluding carboxylic acids is 1. The highest BCUT2D eigenvalue weighted by atomic mass is 16.2. The smallest absolute Gasteiger partial charge is 0.279 e. The van der Waals surface area contributed by atoms with Crippen LogP contribution in [0, 0.1) is 13.8 Å². The van der Waals surface area contributed by atoms with Crippen molar-refractivity contribution in [3.8, 4) is 0 Å². The number of aryl methyl sites for hydroxylation is 1. The van der Waals surface area contributed by atoms with Gasteiger partial charge in [-0.2, -0.15) is 0 Å². The number of quaternary nitrogens is 1. The number of hydrogen-bond acceptors (Lipinski definition) is 2. The predicted molar refractivity (Wildman–Crippen MR) is 101 cm³/mol. The minimum absolute atomic E-state index is 0.0473. The van der Waals surface area contributed by atoms with Crippen molar-refractivity contribution in [3.63, 3.8) is 0 Å². The molecule has 2 aromatic carbocycles. The van der Waals surface area contributed by atoms with Gasteiger partial charge in [-0.3, -0.25) is 4.79 Å². The van der Waals surface area contributed by atoms with Gasteiger partial charge < -0.3 is 15.1 Å². The van der Waals surface area contributed by atoms with E-state index in [4.69, 9.17) is 0 Å². The van der Waals surface area contributed by atoms with E-state index in [1.165, 1.54) is 16.8 Å². The summed E-state index contributed by atoms with van der Waals surface area (Å²) in [4.78, 5) is 15.5. The van der Waals surface area contributed by atoms with E-state index >= 15 is 0 Å². The predicted octanol–water partition coefficient (Wildman–Crippen LogP) is 2.02. The summed E-state index contributed by atoms with van der Waals surface area (Å²) in [6.07, 6.45) is 0. The largest absolute Gasteiger partial charge is 0.378 e. The SMILES string of the molecule is Cc1cccc(NC(=O)C[NH+](C)Cc2ccc(N(C)C)cc2)c1C. The Bertz CT molecular complexity index is 693. The normalized spacial score (nSPS) is 11.9. The third-order valence-corrected chi connectivity index (χ3v) is 4.30. The van der Waals surface area contributed by atoms with Gasteiger partial charge in [0.1, 0.15) is 6.54 Å². The highest BCUT2D eigenvalue weighted by Gasteiger charge is 2.12. The summed E-state index contributed by atoms with van der Waals surface area (Å²) in [5.41, 5.74) is 5.64. The molecule has 0 aliphatic heterocycles. The summed E-state index contributed by atoms with van der Waals surface area (Å²) in [5.74, 6) is 0.0473. The molecule has 1 amide bonds. The topological polar surface area (TPSA) is 36.8 Å². The highest BCUT2D eigenvalue weighted by Crippen LogP contribution is 2.17. The molecule has 4 heteroatoms. The number of likely N-dealkylation sites (N-methyl/N-ethyl adjacent to an activating group) is 1. The van der Waals surface area contributed by atoms with Crippen molar-refractivity contribution < 1.29 is 9.69 Å². The van der Waals surface area contributed by atoms with E-state index in [-0.39, 0.29) is 5.91 Å². The van der Waals surface area contributed by atoms with Crippen LogP contribution in [0.1, 0.15) is 16.7 Å². The maximum Gasteiger partial charge on any atom is 0.279 e. The molecule has 1 unspecified atom stereocenters. The van der Waals surface area contributed by atoms with E-state index < -0.39 is 0 Å². The zero-order valence-electron chi connectivity index (χ0n) is 15.3. The molecule has 2 aromatic rings. The third kappa shape index (κ3) is 4.83. The second-order valence-corrected chi connectivity index (χ2v) is 6.67. The lowest BCUT2D eigenvalue weighted by atomic mass is 10.1. The molecule has 0 spiro atoms. The van der Waals surface area contributed by atoms with Crippen LogP contribution in [0.25, 0.3) is 0 Å². The number of benzene rings is 2. The van der Waals surface area contributed by atoms with E-state index in [0.717, 1.165) is 22.7 Å². The average molecular weight is 326 g/mol. The van der Waals surface area contributed by atoms with Crippen LogP contribution in [0.4, 0.5) is 11.4 Å². The van der Waals surface area contributed by atoms with Gasteiger partial charge in [-0.25, -0.2) is 0 Å². The monoisotopic (exact) mass is 326 g/mol. The molecule has 0 saturated carbocycles. The lowest BCUT2D eigenvalue weighted by molar-refractivity contribution is -0.885. The van der Waals surface area contributed by atoms with Crippen LogP contribution in [0.3, 0.4) is 0 Å². The molecule has 0 radical (unpaired) electrons. The van der Waals surface area contributed by atoms with Crippen LogP contribution < -0.4 is 15.1 Å².